The molecule has 2 aromatic carbocycles. The number of carboxylic acid groups (broad SMARTS) is 2. The molecule has 6 aliphatic rings. The molecule has 2 aromatic rings. The van der Waals surface area contributed by atoms with Crippen LogP contribution in [0.4, 0.5) is 0 Å². The van der Waals surface area contributed by atoms with E-state index in [1.807, 2.05) is 9.80 Å². The van der Waals surface area contributed by atoms with Crippen molar-refractivity contribution in [2.45, 2.75) is 73.4 Å². The van der Waals surface area contributed by atoms with Crippen molar-refractivity contribution in [3.8, 4) is 23.0 Å². The van der Waals surface area contributed by atoms with Crippen molar-refractivity contribution >= 4 is 37.3 Å². The van der Waals surface area contributed by atoms with Gasteiger partial charge in [0.2, 0.25) is 11.8 Å². The molecular formula is C38H56B2N8Na2O14. The predicted octanol–water partition coefficient (Wildman–Crippen LogP) is -9.17. The fourth-order valence-corrected chi connectivity index (χ4v) is 8.89. The number of rotatable bonds is 16. The van der Waals surface area contributed by atoms with Crippen molar-refractivity contribution in [3.05, 3.63) is 46.5 Å². The predicted molar refractivity (Wildman–Crippen MR) is 222 cm³/mol. The number of carbonyl (C=O) groups excluding carboxylic acids is 2. The fraction of sp³-hybridized carbons (Fsp3) is 0.579. The molecule has 4 heterocycles. The number of hydrogen-bond acceptors (Lipinski definition) is 18. The molecule has 8 rings (SSSR count). The molecule has 2 amide bonds. The van der Waals surface area contributed by atoms with Gasteiger partial charge >= 0.3 is 84.6 Å². The Labute approximate surface area is 413 Å². The van der Waals surface area contributed by atoms with Gasteiger partial charge in [-0.3, -0.25) is 19.4 Å². The van der Waals surface area contributed by atoms with E-state index < -0.39 is 48.2 Å². The maximum atomic E-state index is 12.1. The van der Waals surface area contributed by atoms with Gasteiger partial charge in [0, 0.05) is 65.4 Å². The Bertz CT molecular complexity index is 1970. The van der Waals surface area contributed by atoms with Gasteiger partial charge in [-0.2, -0.15) is 0 Å². The molecule has 0 radical (unpaired) electrons. The van der Waals surface area contributed by atoms with E-state index in [1.54, 1.807) is 38.1 Å². The SMILES string of the molecule is C[C@@](N)(CN1CC(Oc2ccc3c(c2C(=O)O)O[B-](O)(O)[C@H]2C[C@@H]32)C1)C(=O)NCCN.C[C@@](N)(CN1CC(Oc2ccc3c(c2C(=O)O)O[B-](O)(O)[C@H]2C[C@@H]32)C1)C(=O)NCCN.[Na+].[Na+]. The molecule has 22 nitrogen and oxygen atoms in total. The first-order valence-corrected chi connectivity index (χ1v) is 20.8. The maximum Gasteiger partial charge on any atom is 1.00 e. The quantitative estimate of drug-likeness (QED) is 0.0696. The number of benzene rings is 2. The molecule has 2 aliphatic carbocycles. The average molecular weight is 917 g/mol. The summed E-state index contributed by atoms with van der Waals surface area (Å²) in [6.07, 6.45) is 0.505. The van der Waals surface area contributed by atoms with Crippen LogP contribution in [0.1, 0.15) is 70.4 Å². The van der Waals surface area contributed by atoms with Crippen LogP contribution >= 0.6 is 0 Å². The topological polar surface area (TPSA) is 361 Å². The second-order valence-electron chi connectivity index (χ2n) is 17.9. The summed E-state index contributed by atoms with van der Waals surface area (Å²) in [7, 11) is 0. The number of amides is 2. The van der Waals surface area contributed by atoms with Crippen LogP contribution in [0.2, 0.25) is 11.6 Å². The number of nitrogens with zero attached hydrogens (tertiary/aromatic N) is 2. The number of hydrogen-bond donors (Lipinski definition) is 12. The Kier molecular flexibility index (Phi) is 16.2. The third kappa shape index (κ3) is 11.0. The molecule has 2 saturated carbocycles. The standard InChI is InChI=1S/2C19H28BN4O7.2Na/c2*1-19(22,18(27)23-5-4-21)9-24-7-10(8-24)30-14-3-2-11-12-6-13(12)20(28,29)31-16(11)15(14)17(25)26;;/h2*2-3,10,12-13,28-29H,4-9,21-22H2,1H3,(H,23,27)(H,25,26);;/q2*-1;2*+1/t2*12-,13-,19+;;/m00../s1. The van der Waals surface area contributed by atoms with E-state index in [4.69, 9.17) is 41.7 Å². The van der Waals surface area contributed by atoms with E-state index in [0.29, 0.717) is 89.4 Å². The molecule has 26 heteroatoms. The van der Waals surface area contributed by atoms with Crippen molar-refractivity contribution in [1.82, 2.24) is 20.4 Å². The van der Waals surface area contributed by atoms with Gasteiger partial charge in [0.15, 0.2) is 0 Å². The number of carboxylic acids is 2. The van der Waals surface area contributed by atoms with Crippen LogP contribution in [0.15, 0.2) is 24.3 Å². The summed E-state index contributed by atoms with van der Waals surface area (Å²) in [5.41, 5.74) is 21.7. The molecule has 340 valence electrons. The number of likely N-dealkylation sites (tertiary alicyclic amines) is 2. The van der Waals surface area contributed by atoms with Gasteiger partial charge in [-0.05, 0) is 48.9 Å². The summed E-state index contributed by atoms with van der Waals surface area (Å²) in [4.78, 5) is 52.0. The molecule has 0 unspecified atom stereocenters. The van der Waals surface area contributed by atoms with Gasteiger partial charge in [0.25, 0.3) is 0 Å². The zero-order valence-electron chi connectivity index (χ0n) is 36.6. The number of ether oxygens (including phenoxy) is 2. The van der Waals surface area contributed by atoms with Crippen molar-refractivity contribution in [1.29, 1.82) is 0 Å². The van der Waals surface area contributed by atoms with Crippen LogP contribution in [0.3, 0.4) is 0 Å². The Hall–Kier alpha value is -2.75. The minimum Gasteiger partial charge on any atom is -0.669 e. The summed E-state index contributed by atoms with van der Waals surface area (Å²) >= 11 is 0. The van der Waals surface area contributed by atoms with Gasteiger partial charge in [-0.15, -0.1) is 0 Å². The third-order valence-corrected chi connectivity index (χ3v) is 12.3. The number of carbonyl (C=O) groups is 4. The van der Waals surface area contributed by atoms with Gasteiger partial charge in [-0.25, -0.2) is 9.59 Å². The van der Waals surface area contributed by atoms with E-state index in [2.05, 4.69) is 10.6 Å². The summed E-state index contributed by atoms with van der Waals surface area (Å²) in [6.45, 7) is 0.931. The maximum absolute atomic E-state index is 12.1. The first kappa shape index (κ1) is 52.2. The molecule has 0 bridgehead atoms. The van der Waals surface area contributed by atoms with Gasteiger partial charge in [-0.1, -0.05) is 36.6 Å². The molecule has 4 aliphatic heterocycles. The Morgan fingerprint density at radius 2 is 1.03 bits per heavy atom. The third-order valence-electron chi connectivity index (χ3n) is 12.3. The van der Waals surface area contributed by atoms with Gasteiger partial charge < -0.3 is 82.7 Å². The van der Waals surface area contributed by atoms with Crippen molar-refractivity contribution < 1.29 is 127 Å². The fourth-order valence-electron chi connectivity index (χ4n) is 8.89. The summed E-state index contributed by atoms with van der Waals surface area (Å²) in [6, 6.07) is 6.63. The van der Waals surface area contributed by atoms with Crippen LogP contribution in [-0.4, -0.2) is 166 Å². The van der Waals surface area contributed by atoms with Crippen LogP contribution in [0.5, 0.6) is 23.0 Å². The van der Waals surface area contributed by atoms with Crippen molar-refractivity contribution in [2.75, 3.05) is 65.4 Å². The van der Waals surface area contributed by atoms with E-state index in [0.717, 1.165) is 0 Å². The second kappa shape index (κ2) is 19.8. The minimum atomic E-state index is -3.09. The average Bonchev–Trinajstić information content (AvgIpc) is 4.08. The van der Waals surface area contributed by atoms with Crippen LogP contribution in [0.25, 0.3) is 0 Å². The number of aromatic carboxylic acids is 2. The Balaban J connectivity index is 0.000000234. The normalized spacial score (nSPS) is 25.0. The zero-order chi connectivity index (χ0) is 45.1. The van der Waals surface area contributed by atoms with E-state index in [9.17, 15) is 49.5 Å². The van der Waals surface area contributed by atoms with Crippen LogP contribution in [-0.2, 0) is 9.59 Å². The first-order chi connectivity index (χ1) is 29.1. The van der Waals surface area contributed by atoms with E-state index >= 15 is 0 Å². The first-order valence-electron chi connectivity index (χ1n) is 20.8. The van der Waals surface area contributed by atoms with Crippen molar-refractivity contribution in [2.24, 2.45) is 22.9 Å². The summed E-state index contributed by atoms with van der Waals surface area (Å²) in [5, 5.41) is 65.3. The molecule has 6 atom stereocenters. The molecule has 0 spiro atoms. The molecule has 4 fully saturated rings. The van der Waals surface area contributed by atoms with Crippen LogP contribution in [0, 0.1) is 0 Å². The van der Waals surface area contributed by atoms with E-state index in [1.165, 1.54) is 0 Å². The molecule has 16 N–H and O–H groups in total. The minimum absolute atomic E-state index is 0. The summed E-state index contributed by atoms with van der Waals surface area (Å²) < 4.78 is 22.4. The monoisotopic (exact) mass is 916 g/mol. The van der Waals surface area contributed by atoms with Gasteiger partial charge in [0.1, 0.15) is 45.9 Å². The number of nitrogens with two attached hydrogens (primary N) is 4. The Morgan fingerprint density at radius 3 is 1.34 bits per heavy atom. The Morgan fingerprint density at radius 1 is 0.688 bits per heavy atom. The van der Waals surface area contributed by atoms with E-state index in [-0.39, 0.29) is 129 Å². The number of fused-ring (bicyclic) bond motifs is 6. The zero-order valence-corrected chi connectivity index (χ0v) is 40.6. The van der Waals surface area contributed by atoms with Gasteiger partial charge in [0.05, 0.1) is 11.5 Å². The number of nitrogens with one attached hydrogen (secondary N) is 2. The smallest absolute Gasteiger partial charge is 0.669 e. The van der Waals surface area contributed by atoms with Crippen molar-refractivity contribution in [3.63, 3.8) is 0 Å². The summed E-state index contributed by atoms with van der Waals surface area (Å²) in [5.74, 6) is -3.97. The molecule has 2 saturated heterocycles. The second-order valence-corrected chi connectivity index (χ2v) is 17.9. The largest absolute Gasteiger partial charge is 1.00 e. The van der Waals surface area contributed by atoms with Crippen LogP contribution < -0.4 is 111 Å². The molecular weight excluding hydrogens is 860 g/mol. The molecule has 64 heavy (non-hydrogen) atoms. The molecule has 0 aromatic heterocycles.